The Balaban J connectivity index is 0.00000192. The molecule has 1 amide bonds. The third-order valence-corrected chi connectivity index (χ3v) is 5.00. The minimum atomic E-state index is -0.843. The fourth-order valence-electron chi connectivity index (χ4n) is 3.23. The third kappa shape index (κ3) is 4.21. The van der Waals surface area contributed by atoms with E-state index >= 15 is 0 Å². The monoisotopic (exact) mass is 344 g/mol. The van der Waals surface area contributed by atoms with Gasteiger partial charge >= 0.3 is 0 Å². The van der Waals surface area contributed by atoms with Crippen LogP contribution in [0.15, 0.2) is 18.2 Å². The molecule has 1 aromatic carbocycles. The lowest BCUT2D eigenvalue weighted by molar-refractivity contribution is -0.123. The van der Waals surface area contributed by atoms with E-state index in [0.717, 1.165) is 38.4 Å². The summed E-state index contributed by atoms with van der Waals surface area (Å²) >= 11 is 0. The molecule has 2 atom stereocenters. The number of hydrogen-bond donors (Lipinski definition) is 2. The lowest BCUT2D eigenvalue weighted by atomic mass is 9.81. The van der Waals surface area contributed by atoms with Crippen LogP contribution in [0.3, 0.4) is 0 Å². The Morgan fingerprint density at radius 3 is 2.65 bits per heavy atom. The van der Waals surface area contributed by atoms with Crippen molar-refractivity contribution < 1.29 is 13.6 Å². The van der Waals surface area contributed by atoms with Gasteiger partial charge in [-0.3, -0.25) is 4.79 Å². The van der Waals surface area contributed by atoms with E-state index in [9.17, 15) is 13.6 Å². The van der Waals surface area contributed by atoms with E-state index in [0.29, 0.717) is 12.1 Å². The number of halogens is 3. The second-order valence-electron chi connectivity index (χ2n) is 6.90. The predicted molar refractivity (Wildman–Crippen MR) is 87.7 cm³/mol. The molecule has 6 heteroatoms. The van der Waals surface area contributed by atoms with Crippen LogP contribution in [0.25, 0.3) is 0 Å². The van der Waals surface area contributed by atoms with Crippen molar-refractivity contribution in [2.45, 2.75) is 32.1 Å². The number of carbonyl (C=O) groups is 1. The van der Waals surface area contributed by atoms with Gasteiger partial charge in [-0.25, -0.2) is 8.78 Å². The van der Waals surface area contributed by atoms with Crippen LogP contribution in [0.2, 0.25) is 0 Å². The van der Waals surface area contributed by atoms with Crippen LogP contribution < -0.4 is 10.6 Å². The summed E-state index contributed by atoms with van der Waals surface area (Å²) in [6.07, 6.45) is 2.84. The van der Waals surface area contributed by atoms with Gasteiger partial charge in [0.25, 0.3) is 0 Å². The van der Waals surface area contributed by atoms with Gasteiger partial charge in [0.2, 0.25) is 5.91 Å². The molecule has 1 heterocycles. The first kappa shape index (κ1) is 18.1. The smallest absolute Gasteiger partial charge is 0.223 e. The van der Waals surface area contributed by atoms with Crippen molar-refractivity contribution in [3.8, 4) is 0 Å². The SMILES string of the molecule is CC1(CNC(=O)C2CC2c2ccc(F)c(F)c2)CCNCC1.Cl. The van der Waals surface area contributed by atoms with Gasteiger partial charge in [-0.2, -0.15) is 0 Å². The molecule has 0 spiro atoms. The summed E-state index contributed by atoms with van der Waals surface area (Å²) in [5.74, 6) is -1.73. The number of amides is 1. The van der Waals surface area contributed by atoms with Crippen molar-refractivity contribution in [2.75, 3.05) is 19.6 Å². The highest BCUT2D eigenvalue weighted by molar-refractivity contribution is 5.85. The first-order chi connectivity index (χ1) is 10.5. The number of hydrogen-bond acceptors (Lipinski definition) is 2. The maximum Gasteiger partial charge on any atom is 0.223 e. The maximum absolute atomic E-state index is 13.3. The van der Waals surface area contributed by atoms with Crippen LogP contribution in [-0.4, -0.2) is 25.5 Å². The van der Waals surface area contributed by atoms with E-state index in [1.54, 1.807) is 6.07 Å². The fraction of sp³-hybridized carbons (Fsp3) is 0.588. The van der Waals surface area contributed by atoms with Gasteiger partial charge in [0, 0.05) is 12.5 Å². The predicted octanol–water partition coefficient (Wildman–Crippen LogP) is 3.00. The zero-order chi connectivity index (χ0) is 15.7. The zero-order valence-electron chi connectivity index (χ0n) is 13.2. The van der Waals surface area contributed by atoms with Crippen molar-refractivity contribution in [1.29, 1.82) is 0 Å². The lowest BCUT2D eigenvalue weighted by Crippen LogP contribution is -2.43. The summed E-state index contributed by atoms with van der Waals surface area (Å²) < 4.78 is 26.2. The second-order valence-corrected chi connectivity index (χ2v) is 6.90. The summed E-state index contributed by atoms with van der Waals surface area (Å²) in [4.78, 5) is 12.2. The van der Waals surface area contributed by atoms with E-state index in [1.807, 2.05) is 0 Å². The van der Waals surface area contributed by atoms with Gasteiger partial charge in [-0.05, 0) is 61.4 Å². The van der Waals surface area contributed by atoms with Gasteiger partial charge in [-0.1, -0.05) is 13.0 Å². The minimum absolute atomic E-state index is 0. The number of rotatable bonds is 4. The minimum Gasteiger partial charge on any atom is -0.355 e. The Bertz CT molecular complexity index is 576. The topological polar surface area (TPSA) is 41.1 Å². The van der Waals surface area contributed by atoms with E-state index < -0.39 is 11.6 Å². The molecule has 2 fully saturated rings. The molecule has 0 aromatic heterocycles. The summed E-state index contributed by atoms with van der Waals surface area (Å²) in [6, 6.07) is 3.92. The van der Waals surface area contributed by atoms with Crippen LogP contribution in [0.4, 0.5) is 8.78 Å². The molecular weight excluding hydrogens is 322 g/mol. The van der Waals surface area contributed by atoms with Crippen molar-refractivity contribution in [3.05, 3.63) is 35.4 Å². The fourth-order valence-corrected chi connectivity index (χ4v) is 3.23. The van der Waals surface area contributed by atoms with E-state index in [4.69, 9.17) is 0 Å². The molecule has 1 aliphatic carbocycles. The molecule has 1 saturated carbocycles. The molecule has 1 saturated heterocycles. The number of carbonyl (C=O) groups excluding carboxylic acids is 1. The molecule has 0 radical (unpaired) electrons. The van der Waals surface area contributed by atoms with Gasteiger partial charge in [0.05, 0.1) is 0 Å². The summed E-state index contributed by atoms with van der Waals surface area (Å²) in [5, 5.41) is 6.37. The van der Waals surface area contributed by atoms with E-state index in [2.05, 4.69) is 17.6 Å². The lowest BCUT2D eigenvalue weighted by Gasteiger charge is -2.34. The standard InChI is InChI=1S/C17H22F2N2O.ClH/c1-17(4-6-20-7-5-17)10-21-16(22)13-9-12(13)11-2-3-14(18)15(19)8-11;/h2-3,8,12-13,20H,4-7,9-10H2,1H3,(H,21,22);1H. The summed E-state index contributed by atoms with van der Waals surface area (Å²) in [6.45, 7) is 4.88. The Kier molecular flexibility index (Phi) is 5.63. The van der Waals surface area contributed by atoms with E-state index in [1.165, 1.54) is 6.07 Å². The van der Waals surface area contributed by atoms with Gasteiger partial charge in [0.1, 0.15) is 0 Å². The molecule has 1 aliphatic heterocycles. The highest BCUT2D eigenvalue weighted by atomic mass is 35.5. The normalized spacial score (nSPS) is 25.3. The third-order valence-electron chi connectivity index (χ3n) is 5.00. The second kappa shape index (κ2) is 7.14. The van der Waals surface area contributed by atoms with Crippen molar-refractivity contribution in [3.63, 3.8) is 0 Å². The van der Waals surface area contributed by atoms with E-state index in [-0.39, 0.29) is 35.6 Å². The molecule has 2 unspecified atom stereocenters. The number of nitrogens with one attached hydrogen (secondary N) is 2. The van der Waals surface area contributed by atoms with Gasteiger partial charge in [0.15, 0.2) is 11.6 Å². The van der Waals surface area contributed by atoms with Crippen LogP contribution in [0, 0.1) is 23.0 Å². The molecule has 2 N–H and O–H groups in total. The highest BCUT2D eigenvalue weighted by Crippen LogP contribution is 2.47. The Hall–Kier alpha value is -1.20. The van der Waals surface area contributed by atoms with Crippen LogP contribution in [0.1, 0.15) is 37.7 Å². The summed E-state index contributed by atoms with van der Waals surface area (Å²) in [7, 11) is 0. The average molecular weight is 345 g/mol. The zero-order valence-corrected chi connectivity index (χ0v) is 14.0. The van der Waals surface area contributed by atoms with Gasteiger partial charge < -0.3 is 10.6 Å². The Morgan fingerprint density at radius 2 is 2.00 bits per heavy atom. The average Bonchev–Trinajstić information content (AvgIpc) is 3.29. The maximum atomic E-state index is 13.3. The number of benzene rings is 1. The van der Waals surface area contributed by atoms with Crippen LogP contribution >= 0.6 is 12.4 Å². The molecule has 1 aromatic rings. The molecular formula is C17H23ClF2N2O. The molecule has 3 rings (SSSR count). The first-order valence-corrected chi connectivity index (χ1v) is 7.92. The Labute approximate surface area is 141 Å². The molecule has 23 heavy (non-hydrogen) atoms. The quantitative estimate of drug-likeness (QED) is 0.881. The Morgan fingerprint density at radius 1 is 1.30 bits per heavy atom. The van der Waals surface area contributed by atoms with Crippen LogP contribution in [0.5, 0.6) is 0 Å². The van der Waals surface area contributed by atoms with Crippen molar-refractivity contribution in [2.24, 2.45) is 11.3 Å². The molecule has 128 valence electrons. The molecule has 2 aliphatic rings. The summed E-state index contributed by atoms with van der Waals surface area (Å²) in [5.41, 5.74) is 0.875. The highest BCUT2D eigenvalue weighted by Gasteiger charge is 2.44. The van der Waals surface area contributed by atoms with Crippen LogP contribution in [-0.2, 0) is 4.79 Å². The first-order valence-electron chi connectivity index (χ1n) is 7.92. The number of piperidine rings is 1. The molecule has 3 nitrogen and oxygen atoms in total. The molecule has 0 bridgehead atoms. The largest absolute Gasteiger partial charge is 0.355 e. The van der Waals surface area contributed by atoms with Gasteiger partial charge in [-0.15, -0.1) is 12.4 Å². The van der Waals surface area contributed by atoms with Crippen molar-refractivity contribution >= 4 is 18.3 Å². The van der Waals surface area contributed by atoms with Crippen molar-refractivity contribution in [1.82, 2.24) is 10.6 Å².